The second kappa shape index (κ2) is 6.86. The molecule has 0 aliphatic heterocycles. The molecule has 0 aromatic heterocycles. The Hall–Kier alpha value is -2.67. The van der Waals surface area contributed by atoms with Crippen molar-refractivity contribution in [3.63, 3.8) is 0 Å². The molecule has 0 aliphatic carbocycles. The van der Waals surface area contributed by atoms with E-state index in [9.17, 15) is 19.3 Å². The number of nitro groups is 1. The van der Waals surface area contributed by atoms with Crippen LogP contribution in [0.25, 0.3) is 0 Å². The van der Waals surface area contributed by atoms with Gasteiger partial charge in [0.15, 0.2) is 12.4 Å². The SMILES string of the molecule is O=C(COc1ccccc1[N+](=O)[O-])Oc1ccc(F)cc1Cl. The fraction of sp³-hybridized carbons (Fsp3) is 0.0714. The fourth-order valence-electron chi connectivity index (χ4n) is 1.58. The van der Waals surface area contributed by atoms with Gasteiger partial charge in [-0.1, -0.05) is 23.7 Å². The summed E-state index contributed by atoms with van der Waals surface area (Å²) in [7, 11) is 0. The van der Waals surface area contributed by atoms with E-state index >= 15 is 0 Å². The summed E-state index contributed by atoms with van der Waals surface area (Å²) in [5.41, 5.74) is -0.268. The number of halogens is 2. The highest BCUT2D eigenvalue weighted by molar-refractivity contribution is 6.32. The Balaban J connectivity index is 2.00. The van der Waals surface area contributed by atoms with Crippen LogP contribution in [-0.2, 0) is 4.79 Å². The number of hydrogen-bond acceptors (Lipinski definition) is 5. The summed E-state index contributed by atoms with van der Waals surface area (Å²) in [6.07, 6.45) is 0. The lowest BCUT2D eigenvalue weighted by Gasteiger charge is -2.08. The van der Waals surface area contributed by atoms with Crippen LogP contribution in [0, 0.1) is 15.9 Å². The highest BCUT2D eigenvalue weighted by atomic mass is 35.5. The maximum absolute atomic E-state index is 12.9. The molecule has 114 valence electrons. The van der Waals surface area contributed by atoms with Gasteiger partial charge in [-0.2, -0.15) is 0 Å². The number of nitrogens with zero attached hydrogens (tertiary/aromatic N) is 1. The maximum Gasteiger partial charge on any atom is 0.349 e. The third kappa shape index (κ3) is 3.92. The third-order valence-corrected chi connectivity index (χ3v) is 2.82. The van der Waals surface area contributed by atoms with Gasteiger partial charge >= 0.3 is 11.7 Å². The summed E-state index contributed by atoms with van der Waals surface area (Å²) in [5.74, 6) is -1.48. The number of benzene rings is 2. The molecule has 0 amide bonds. The minimum atomic E-state index is -0.827. The van der Waals surface area contributed by atoms with E-state index in [-0.39, 0.29) is 22.2 Å². The van der Waals surface area contributed by atoms with Gasteiger partial charge in [-0.15, -0.1) is 0 Å². The lowest BCUT2D eigenvalue weighted by molar-refractivity contribution is -0.385. The minimum Gasteiger partial charge on any atom is -0.475 e. The number of hydrogen-bond donors (Lipinski definition) is 0. The normalized spacial score (nSPS) is 10.1. The molecule has 2 aromatic carbocycles. The molecule has 0 atom stereocenters. The minimum absolute atomic E-state index is 0.0285. The lowest BCUT2D eigenvalue weighted by Crippen LogP contribution is -2.18. The summed E-state index contributed by atoms with van der Waals surface area (Å²) in [6.45, 7) is -0.557. The number of para-hydroxylation sites is 2. The first kappa shape index (κ1) is 15.7. The standard InChI is InChI=1S/C14H9ClFNO5/c15-10-7-9(16)5-6-12(10)22-14(18)8-21-13-4-2-1-3-11(13)17(19)20/h1-7H,8H2. The van der Waals surface area contributed by atoms with Gasteiger partial charge < -0.3 is 9.47 Å². The van der Waals surface area contributed by atoms with Crippen LogP contribution in [0.5, 0.6) is 11.5 Å². The second-order valence-corrected chi connectivity index (χ2v) is 4.47. The van der Waals surface area contributed by atoms with Crippen molar-refractivity contribution < 1.29 is 23.6 Å². The number of carbonyl (C=O) groups is 1. The largest absolute Gasteiger partial charge is 0.475 e. The van der Waals surface area contributed by atoms with Crippen LogP contribution < -0.4 is 9.47 Å². The van der Waals surface area contributed by atoms with Crippen molar-refractivity contribution in [2.75, 3.05) is 6.61 Å². The monoisotopic (exact) mass is 325 g/mol. The van der Waals surface area contributed by atoms with E-state index in [0.717, 1.165) is 12.1 Å². The maximum atomic E-state index is 12.9. The third-order valence-electron chi connectivity index (χ3n) is 2.53. The van der Waals surface area contributed by atoms with Crippen LogP contribution in [0.15, 0.2) is 42.5 Å². The molecule has 0 fully saturated rings. The Bertz CT molecular complexity index is 722. The van der Waals surface area contributed by atoms with E-state index in [1.807, 2.05) is 0 Å². The van der Waals surface area contributed by atoms with Crippen LogP contribution in [0.2, 0.25) is 5.02 Å². The molecule has 2 rings (SSSR count). The van der Waals surface area contributed by atoms with Gasteiger partial charge in [0.25, 0.3) is 0 Å². The first-order valence-corrected chi connectivity index (χ1v) is 6.37. The molecule has 0 saturated heterocycles. The van der Waals surface area contributed by atoms with Gasteiger partial charge in [0, 0.05) is 6.07 Å². The molecule has 0 radical (unpaired) electrons. The van der Waals surface area contributed by atoms with E-state index < -0.39 is 23.3 Å². The van der Waals surface area contributed by atoms with E-state index in [1.165, 1.54) is 30.3 Å². The molecule has 2 aromatic rings. The average molecular weight is 326 g/mol. The number of nitro benzene ring substituents is 1. The summed E-state index contributed by atoms with van der Waals surface area (Å²) in [4.78, 5) is 21.8. The summed E-state index contributed by atoms with van der Waals surface area (Å²) < 4.78 is 22.8. The van der Waals surface area contributed by atoms with Crippen molar-refractivity contribution in [1.29, 1.82) is 0 Å². The van der Waals surface area contributed by atoms with Crippen molar-refractivity contribution in [1.82, 2.24) is 0 Å². The topological polar surface area (TPSA) is 78.7 Å². The van der Waals surface area contributed by atoms with Crippen LogP contribution in [0.3, 0.4) is 0 Å². The quantitative estimate of drug-likeness (QED) is 0.364. The van der Waals surface area contributed by atoms with Gasteiger partial charge in [-0.3, -0.25) is 10.1 Å². The van der Waals surface area contributed by atoms with E-state index in [1.54, 1.807) is 0 Å². The number of ether oxygens (including phenoxy) is 2. The molecular formula is C14H9ClFNO5. The van der Waals surface area contributed by atoms with E-state index in [0.29, 0.717) is 0 Å². The lowest BCUT2D eigenvalue weighted by atomic mass is 10.3. The highest BCUT2D eigenvalue weighted by Gasteiger charge is 2.16. The fourth-order valence-corrected chi connectivity index (χ4v) is 1.78. The van der Waals surface area contributed by atoms with Crippen LogP contribution in [0.4, 0.5) is 10.1 Å². The van der Waals surface area contributed by atoms with Crippen molar-refractivity contribution in [3.05, 3.63) is 63.4 Å². The molecule has 0 heterocycles. The Morgan fingerprint density at radius 1 is 1.23 bits per heavy atom. The molecule has 22 heavy (non-hydrogen) atoms. The van der Waals surface area contributed by atoms with Gasteiger partial charge in [-0.05, 0) is 24.3 Å². The Kier molecular flexibility index (Phi) is 4.90. The molecule has 0 spiro atoms. The number of esters is 1. The molecular weight excluding hydrogens is 317 g/mol. The van der Waals surface area contributed by atoms with Crippen molar-refractivity contribution in [3.8, 4) is 11.5 Å². The Morgan fingerprint density at radius 2 is 1.95 bits per heavy atom. The molecule has 0 saturated carbocycles. The molecule has 0 N–H and O–H groups in total. The predicted octanol–water partition coefficient (Wildman–Crippen LogP) is 3.37. The van der Waals surface area contributed by atoms with Crippen molar-refractivity contribution in [2.45, 2.75) is 0 Å². The second-order valence-electron chi connectivity index (χ2n) is 4.06. The zero-order valence-corrected chi connectivity index (χ0v) is 11.7. The van der Waals surface area contributed by atoms with Gasteiger partial charge in [0.05, 0.1) is 9.95 Å². The first-order chi connectivity index (χ1) is 10.5. The number of rotatable bonds is 5. The predicted molar refractivity (Wildman–Crippen MR) is 75.6 cm³/mol. The van der Waals surface area contributed by atoms with Gasteiger partial charge in [0.1, 0.15) is 11.6 Å². The van der Waals surface area contributed by atoms with E-state index in [4.69, 9.17) is 21.1 Å². The van der Waals surface area contributed by atoms with Crippen molar-refractivity contribution >= 4 is 23.3 Å². The van der Waals surface area contributed by atoms with Crippen molar-refractivity contribution in [2.24, 2.45) is 0 Å². The Labute approximate surface area is 129 Å². The Morgan fingerprint density at radius 3 is 2.64 bits per heavy atom. The first-order valence-electron chi connectivity index (χ1n) is 5.99. The zero-order chi connectivity index (χ0) is 16.1. The summed E-state index contributed by atoms with van der Waals surface area (Å²) in [5, 5.41) is 10.7. The molecule has 6 nitrogen and oxygen atoms in total. The molecule has 0 aliphatic rings. The van der Waals surface area contributed by atoms with Crippen LogP contribution in [0.1, 0.15) is 0 Å². The highest BCUT2D eigenvalue weighted by Crippen LogP contribution is 2.27. The summed E-state index contributed by atoms with van der Waals surface area (Å²) >= 11 is 5.71. The van der Waals surface area contributed by atoms with Crippen LogP contribution >= 0.6 is 11.6 Å². The molecule has 0 unspecified atom stereocenters. The summed E-state index contributed by atoms with van der Waals surface area (Å²) in [6, 6.07) is 8.88. The molecule has 8 heteroatoms. The van der Waals surface area contributed by atoms with Gasteiger partial charge in [0.2, 0.25) is 0 Å². The van der Waals surface area contributed by atoms with E-state index in [2.05, 4.69) is 0 Å². The van der Waals surface area contributed by atoms with Crippen LogP contribution in [-0.4, -0.2) is 17.5 Å². The van der Waals surface area contributed by atoms with Gasteiger partial charge in [-0.25, -0.2) is 9.18 Å². The molecule has 0 bridgehead atoms. The average Bonchev–Trinajstić information content (AvgIpc) is 2.48. The zero-order valence-electron chi connectivity index (χ0n) is 11.0. The smallest absolute Gasteiger partial charge is 0.349 e. The number of carbonyl (C=O) groups excluding carboxylic acids is 1.